The molecule has 0 spiro atoms. The van der Waals surface area contributed by atoms with Crippen LogP contribution in [0.2, 0.25) is 0 Å². The summed E-state index contributed by atoms with van der Waals surface area (Å²) in [6, 6.07) is 2.61. The Morgan fingerprint density at radius 2 is 2.18 bits per heavy atom. The summed E-state index contributed by atoms with van der Waals surface area (Å²) >= 11 is 1.37. The van der Waals surface area contributed by atoms with Gasteiger partial charge in [0.15, 0.2) is 10.8 Å². The first-order chi connectivity index (χ1) is 16.1. The van der Waals surface area contributed by atoms with Crippen LogP contribution < -0.4 is 10.2 Å². The van der Waals surface area contributed by atoms with Crippen LogP contribution in [0, 0.1) is 5.82 Å². The largest absolute Gasteiger partial charge is 0.463 e. The summed E-state index contributed by atoms with van der Waals surface area (Å²) in [4.78, 5) is 24.2. The Bertz CT molecular complexity index is 1260. The maximum atomic E-state index is 13.8. The van der Waals surface area contributed by atoms with Crippen LogP contribution in [0.4, 0.5) is 4.39 Å². The van der Waals surface area contributed by atoms with Crippen molar-refractivity contribution in [1.82, 2.24) is 14.6 Å². The number of ether oxygens (including phenoxy) is 1. The van der Waals surface area contributed by atoms with Gasteiger partial charge in [0.2, 0.25) is 10.0 Å². The van der Waals surface area contributed by atoms with Crippen LogP contribution in [0.3, 0.4) is 0 Å². The predicted octanol–water partition coefficient (Wildman–Crippen LogP) is 1.80. The summed E-state index contributed by atoms with van der Waals surface area (Å²) < 4.78 is 47.0. The number of rotatable bonds is 7. The van der Waals surface area contributed by atoms with E-state index in [2.05, 4.69) is 9.71 Å². The average Bonchev–Trinajstić information content (AvgIpc) is 3.42. The molecular formula is C22H24BFN4O4S2. The standard InChI is InChI=1S/C22H24BFN4O4S2/c1-4-32-22(29)18-17-10-14(27-34(30,31)12(2)3)11-28(17)20(21-25-7-8-33-21)26-19(18)15-6-5-13(24)9-16(15)23/h5-9,12,14,19,27H,4,10-11H2,1-3H3/t14-,19-/m0/s1. The highest BCUT2D eigenvalue weighted by molar-refractivity contribution is 7.90. The number of halogens is 1. The number of amidine groups is 1. The molecule has 2 radical (unpaired) electrons. The topological polar surface area (TPSA) is 101 Å². The van der Waals surface area contributed by atoms with E-state index in [1.807, 2.05) is 4.90 Å². The van der Waals surface area contributed by atoms with Gasteiger partial charge in [0.25, 0.3) is 0 Å². The van der Waals surface area contributed by atoms with Crippen LogP contribution in [0.5, 0.6) is 0 Å². The molecule has 2 aliphatic rings. The summed E-state index contributed by atoms with van der Waals surface area (Å²) in [7, 11) is 2.58. The average molecular weight is 502 g/mol. The summed E-state index contributed by atoms with van der Waals surface area (Å²) in [6.45, 7) is 5.32. The zero-order valence-corrected chi connectivity index (χ0v) is 20.6. The van der Waals surface area contributed by atoms with Gasteiger partial charge in [-0.3, -0.25) is 4.99 Å². The Labute approximate surface area is 203 Å². The van der Waals surface area contributed by atoms with Gasteiger partial charge in [0.05, 0.1) is 17.4 Å². The fraction of sp³-hybridized carbons (Fsp3) is 0.409. The third-order valence-corrected chi connectivity index (χ3v) is 8.35. The maximum absolute atomic E-state index is 13.8. The number of aromatic nitrogens is 1. The first-order valence-corrected chi connectivity index (χ1v) is 13.3. The van der Waals surface area contributed by atoms with Crippen LogP contribution in [-0.2, 0) is 19.6 Å². The van der Waals surface area contributed by atoms with Gasteiger partial charge in [-0.1, -0.05) is 11.5 Å². The fourth-order valence-electron chi connectivity index (χ4n) is 4.03. The molecule has 0 saturated carbocycles. The minimum absolute atomic E-state index is 0.147. The molecule has 0 bridgehead atoms. The minimum atomic E-state index is -3.55. The second kappa shape index (κ2) is 9.59. The number of carbonyl (C=O) groups is 1. The molecule has 1 aromatic carbocycles. The van der Waals surface area contributed by atoms with Crippen molar-refractivity contribution in [3.8, 4) is 0 Å². The molecule has 12 heteroatoms. The molecule has 2 atom stereocenters. The Kier molecular flexibility index (Phi) is 6.93. The Morgan fingerprint density at radius 1 is 1.41 bits per heavy atom. The number of thiazole rings is 1. The Morgan fingerprint density at radius 3 is 2.79 bits per heavy atom. The fourth-order valence-corrected chi connectivity index (χ4v) is 5.57. The number of carbonyl (C=O) groups excluding carboxylic acids is 1. The van der Waals surface area contributed by atoms with Gasteiger partial charge in [-0.05, 0) is 38.5 Å². The van der Waals surface area contributed by atoms with E-state index in [0.29, 0.717) is 22.1 Å². The second-order valence-electron chi connectivity index (χ2n) is 8.27. The summed E-state index contributed by atoms with van der Waals surface area (Å²) in [5.74, 6) is -0.583. The van der Waals surface area contributed by atoms with Crippen LogP contribution in [0.15, 0.2) is 46.0 Å². The number of hydrogen-bond donors (Lipinski definition) is 1. The number of esters is 1. The molecule has 2 aliphatic heterocycles. The van der Waals surface area contributed by atoms with Crippen LogP contribution >= 0.6 is 11.3 Å². The van der Waals surface area contributed by atoms with Crippen LogP contribution in [-0.4, -0.2) is 62.4 Å². The number of sulfonamides is 1. The van der Waals surface area contributed by atoms with E-state index in [4.69, 9.17) is 17.6 Å². The summed E-state index contributed by atoms with van der Waals surface area (Å²) in [6.07, 6.45) is 1.89. The SMILES string of the molecule is [B]c1cc(F)ccc1[C@@H]1N=C(c2nccs2)N2C[C@@H](NS(=O)(=O)C(C)C)CC2=C1C(=O)OCC. The van der Waals surface area contributed by atoms with Crippen molar-refractivity contribution < 1.29 is 22.3 Å². The van der Waals surface area contributed by atoms with Gasteiger partial charge in [0.1, 0.15) is 19.7 Å². The molecule has 178 valence electrons. The number of benzene rings is 1. The van der Waals surface area contributed by atoms with Crippen molar-refractivity contribution in [2.24, 2.45) is 4.99 Å². The van der Waals surface area contributed by atoms with E-state index in [0.717, 1.165) is 0 Å². The quantitative estimate of drug-likeness (QED) is 0.458. The first kappa shape index (κ1) is 24.6. The zero-order valence-electron chi connectivity index (χ0n) is 19.0. The van der Waals surface area contributed by atoms with E-state index < -0.39 is 39.1 Å². The second-order valence-corrected chi connectivity index (χ2v) is 11.4. The van der Waals surface area contributed by atoms with Gasteiger partial charge in [-0.25, -0.2) is 27.3 Å². The number of hydrogen-bond acceptors (Lipinski definition) is 8. The molecule has 34 heavy (non-hydrogen) atoms. The lowest BCUT2D eigenvalue weighted by Gasteiger charge is -2.32. The van der Waals surface area contributed by atoms with Gasteiger partial charge >= 0.3 is 5.97 Å². The normalized spacial score (nSPS) is 20.5. The van der Waals surface area contributed by atoms with Crippen molar-refractivity contribution >= 4 is 46.5 Å². The molecule has 1 saturated heterocycles. The molecule has 0 unspecified atom stereocenters. The molecular weight excluding hydrogens is 478 g/mol. The van der Waals surface area contributed by atoms with Crippen molar-refractivity contribution in [2.45, 2.75) is 44.5 Å². The molecule has 1 aromatic heterocycles. The molecule has 8 nitrogen and oxygen atoms in total. The number of nitrogens with zero attached hydrogens (tertiary/aromatic N) is 3. The number of fused-ring (bicyclic) bond motifs is 1. The zero-order chi connectivity index (χ0) is 24.6. The highest BCUT2D eigenvalue weighted by Crippen LogP contribution is 2.40. The molecule has 0 aliphatic carbocycles. The monoisotopic (exact) mass is 502 g/mol. The highest BCUT2D eigenvalue weighted by atomic mass is 32.2. The summed E-state index contributed by atoms with van der Waals surface area (Å²) in [5, 5.41) is 1.80. The van der Waals surface area contributed by atoms with Crippen molar-refractivity contribution in [3.05, 3.63) is 57.4 Å². The van der Waals surface area contributed by atoms with Gasteiger partial charge in [-0.15, -0.1) is 11.3 Å². The van der Waals surface area contributed by atoms with E-state index in [1.54, 1.807) is 32.3 Å². The van der Waals surface area contributed by atoms with E-state index in [1.165, 1.54) is 29.5 Å². The lowest BCUT2D eigenvalue weighted by atomic mass is 9.83. The van der Waals surface area contributed by atoms with E-state index in [9.17, 15) is 17.6 Å². The third kappa shape index (κ3) is 4.66. The van der Waals surface area contributed by atoms with E-state index in [-0.39, 0.29) is 30.6 Å². The van der Waals surface area contributed by atoms with Gasteiger partial charge in [0, 0.05) is 36.3 Å². The van der Waals surface area contributed by atoms with Crippen molar-refractivity contribution in [1.29, 1.82) is 0 Å². The van der Waals surface area contributed by atoms with Crippen molar-refractivity contribution in [2.75, 3.05) is 13.2 Å². The molecule has 1 N–H and O–H groups in total. The van der Waals surface area contributed by atoms with Gasteiger partial charge in [-0.2, -0.15) is 0 Å². The van der Waals surface area contributed by atoms with Crippen LogP contribution in [0.25, 0.3) is 0 Å². The number of nitrogens with one attached hydrogen (secondary N) is 1. The minimum Gasteiger partial charge on any atom is -0.463 e. The van der Waals surface area contributed by atoms with Crippen LogP contribution in [0.1, 0.15) is 43.8 Å². The molecule has 1 fully saturated rings. The third-order valence-electron chi connectivity index (χ3n) is 5.67. The van der Waals surface area contributed by atoms with E-state index >= 15 is 0 Å². The highest BCUT2D eigenvalue weighted by Gasteiger charge is 2.43. The van der Waals surface area contributed by atoms with Gasteiger partial charge < -0.3 is 9.64 Å². The molecule has 3 heterocycles. The number of aliphatic imine (C=N–C) groups is 1. The Hall–Kier alpha value is -2.57. The predicted molar refractivity (Wildman–Crippen MR) is 129 cm³/mol. The van der Waals surface area contributed by atoms with Crippen molar-refractivity contribution in [3.63, 3.8) is 0 Å². The Balaban J connectivity index is 1.87. The molecule has 4 rings (SSSR count). The first-order valence-electron chi connectivity index (χ1n) is 10.8. The summed E-state index contributed by atoms with van der Waals surface area (Å²) in [5.41, 5.74) is 1.45. The molecule has 0 amide bonds. The lowest BCUT2D eigenvalue weighted by molar-refractivity contribution is -0.139. The molecule has 2 aromatic rings. The lowest BCUT2D eigenvalue weighted by Crippen LogP contribution is -2.42. The maximum Gasteiger partial charge on any atom is 0.338 e. The smallest absolute Gasteiger partial charge is 0.338 e.